The first-order chi connectivity index (χ1) is 6.93. The minimum Gasteiger partial charge on any atom is -0.481 e. The van der Waals surface area contributed by atoms with E-state index >= 15 is 0 Å². The molecule has 15 heavy (non-hydrogen) atoms. The van der Waals surface area contributed by atoms with E-state index in [0.29, 0.717) is 0 Å². The molecule has 0 radical (unpaired) electrons. The highest BCUT2D eigenvalue weighted by molar-refractivity contribution is 5.70. The summed E-state index contributed by atoms with van der Waals surface area (Å²) < 4.78 is 37.6. The quantitative estimate of drug-likeness (QED) is 0.806. The molecule has 0 bridgehead atoms. The number of hydrogen-bond donors (Lipinski definition) is 2. The van der Waals surface area contributed by atoms with Gasteiger partial charge in [0.25, 0.3) is 6.43 Å². The highest BCUT2D eigenvalue weighted by Crippen LogP contribution is 2.26. The van der Waals surface area contributed by atoms with E-state index in [4.69, 9.17) is 10.8 Å². The number of carboxylic acid groups (broad SMARTS) is 1. The van der Waals surface area contributed by atoms with Crippen LogP contribution < -0.4 is 5.73 Å². The van der Waals surface area contributed by atoms with Crippen molar-refractivity contribution >= 4 is 11.7 Å². The highest BCUT2D eigenvalue weighted by atomic mass is 19.3. The summed E-state index contributed by atoms with van der Waals surface area (Å²) in [5.74, 6) is -2.44. The van der Waals surface area contributed by atoms with Crippen molar-refractivity contribution in [3.8, 4) is 0 Å². The van der Waals surface area contributed by atoms with Gasteiger partial charge in [0.15, 0.2) is 5.82 Å². The Labute approximate surface area is 82.5 Å². The van der Waals surface area contributed by atoms with Crippen molar-refractivity contribution in [1.82, 2.24) is 4.98 Å². The Morgan fingerprint density at radius 2 is 2.20 bits per heavy atom. The molecule has 0 aliphatic rings. The van der Waals surface area contributed by atoms with E-state index in [1.807, 2.05) is 0 Å². The lowest BCUT2D eigenvalue weighted by atomic mass is 10.1. The van der Waals surface area contributed by atoms with E-state index in [9.17, 15) is 18.0 Å². The molecule has 0 fully saturated rings. The standard InChI is InChI=1S/C8H7F3N2O2/c9-5-3(1-4(14)15)2-13-7(6(5)12)8(10)11/h2,8H,1,12H2,(H,14,15). The second-order valence-corrected chi connectivity index (χ2v) is 2.77. The van der Waals surface area contributed by atoms with Gasteiger partial charge >= 0.3 is 5.97 Å². The van der Waals surface area contributed by atoms with Crippen LogP contribution in [-0.4, -0.2) is 16.1 Å². The second kappa shape index (κ2) is 4.16. The number of rotatable bonds is 3. The molecule has 0 saturated heterocycles. The third-order valence-electron chi connectivity index (χ3n) is 1.70. The number of aliphatic carboxylic acids is 1. The SMILES string of the molecule is Nc1c(C(F)F)ncc(CC(=O)O)c1F. The number of halogens is 3. The summed E-state index contributed by atoms with van der Waals surface area (Å²) in [7, 11) is 0. The number of hydrogen-bond acceptors (Lipinski definition) is 3. The summed E-state index contributed by atoms with van der Waals surface area (Å²) in [6, 6.07) is 0. The van der Waals surface area contributed by atoms with Crippen molar-refractivity contribution < 1.29 is 23.1 Å². The fraction of sp³-hybridized carbons (Fsp3) is 0.250. The Morgan fingerprint density at radius 3 is 2.67 bits per heavy atom. The summed E-state index contributed by atoms with van der Waals surface area (Å²) >= 11 is 0. The minimum absolute atomic E-state index is 0.315. The zero-order valence-electron chi connectivity index (χ0n) is 7.38. The number of nitrogens with zero attached hydrogens (tertiary/aromatic N) is 1. The molecule has 0 unspecified atom stereocenters. The van der Waals surface area contributed by atoms with Gasteiger partial charge in [0.1, 0.15) is 5.69 Å². The fourth-order valence-corrected chi connectivity index (χ4v) is 1.02. The highest BCUT2D eigenvalue weighted by Gasteiger charge is 2.19. The number of nitrogen functional groups attached to an aromatic ring is 1. The lowest BCUT2D eigenvalue weighted by Crippen LogP contribution is -2.09. The predicted octanol–water partition coefficient (Wildman–Crippen LogP) is 1.37. The van der Waals surface area contributed by atoms with Crippen LogP contribution in [0.3, 0.4) is 0 Å². The number of carbonyl (C=O) groups is 1. The molecule has 0 amide bonds. The maximum absolute atomic E-state index is 13.2. The van der Waals surface area contributed by atoms with E-state index in [1.165, 1.54) is 0 Å². The molecule has 0 aliphatic heterocycles. The van der Waals surface area contributed by atoms with Gasteiger partial charge in [-0.15, -0.1) is 0 Å². The first-order valence-electron chi connectivity index (χ1n) is 3.86. The Kier molecular flexibility index (Phi) is 3.13. The first kappa shape index (κ1) is 11.3. The smallest absolute Gasteiger partial charge is 0.307 e. The van der Waals surface area contributed by atoms with Crippen molar-refractivity contribution in [1.29, 1.82) is 0 Å². The lowest BCUT2D eigenvalue weighted by Gasteiger charge is -2.07. The van der Waals surface area contributed by atoms with E-state index in [2.05, 4.69) is 4.98 Å². The van der Waals surface area contributed by atoms with Crippen LogP contribution >= 0.6 is 0 Å². The third kappa shape index (κ3) is 2.36. The summed E-state index contributed by atoms with van der Waals surface area (Å²) in [4.78, 5) is 13.5. The van der Waals surface area contributed by atoms with Gasteiger partial charge in [0.2, 0.25) is 0 Å². The van der Waals surface area contributed by atoms with E-state index in [0.717, 1.165) is 6.20 Å². The molecular formula is C8H7F3N2O2. The number of nitrogens with two attached hydrogens (primary N) is 1. The van der Waals surface area contributed by atoms with E-state index < -0.39 is 36.0 Å². The molecule has 0 aromatic carbocycles. The molecule has 0 saturated carbocycles. The summed E-state index contributed by atoms with van der Waals surface area (Å²) in [5, 5.41) is 8.38. The van der Waals surface area contributed by atoms with Crippen LogP contribution in [0.5, 0.6) is 0 Å². The third-order valence-corrected chi connectivity index (χ3v) is 1.70. The van der Waals surface area contributed by atoms with Crippen LogP contribution in [0.25, 0.3) is 0 Å². The van der Waals surface area contributed by atoms with Crippen molar-refractivity contribution in [3.05, 3.63) is 23.3 Å². The summed E-state index contributed by atoms with van der Waals surface area (Å²) in [6.45, 7) is 0. The molecule has 82 valence electrons. The average Bonchev–Trinajstić information content (AvgIpc) is 2.12. The average molecular weight is 220 g/mol. The molecule has 0 atom stereocenters. The predicted molar refractivity (Wildman–Crippen MR) is 44.9 cm³/mol. The molecular weight excluding hydrogens is 213 g/mol. The summed E-state index contributed by atoms with van der Waals surface area (Å²) in [6.07, 6.45) is -2.88. The first-order valence-corrected chi connectivity index (χ1v) is 3.86. The van der Waals surface area contributed by atoms with Crippen LogP contribution in [0.1, 0.15) is 17.7 Å². The number of carboxylic acids is 1. The molecule has 3 N–H and O–H groups in total. The fourth-order valence-electron chi connectivity index (χ4n) is 1.02. The number of alkyl halides is 2. The zero-order valence-corrected chi connectivity index (χ0v) is 7.38. The van der Waals surface area contributed by atoms with Gasteiger partial charge in [-0.25, -0.2) is 13.2 Å². The van der Waals surface area contributed by atoms with Crippen molar-refractivity contribution in [2.45, 2.75) is 12.8 Å². The monoisotopic (exact) mass is 220 g/mol. The molecule has 0 aliphatic carbocycles. The van der Waals surface area contributed by atoms with Crippen molar-refractivity contribution in [3.63, 3.8) is 0 Å². The second-order valence-electron chi connectivity index (χ2n) is 2.77. The Bertz CT molecular complexity index is 396. The summed E-state index contributed by atoms with van der Waals surface area (Å²) in [5.41, 5.74) is 3.06. The molecule has 4 nitrogen and oxygen atoms in total. The van der Waals surface area contributed by atoms with E-state index in [1.54, 1.807) is 0 Å². The number of anilines is 1. The normalized spacial score (nSPS) is 10.7. The lowest BCUT2D eigenvalue weighted by molar-refractivity contribution is -0.136. The molecule has 0 spiro atoms. The van der Waals surface area contributed by atoms with Gasteiger partial charge in [0, 0.05) is 11.8 Å². The van der Waals surface area contributed by atoms with Crippen molar-refractivity contribution in [2.75, 3.05) is 5.73 Å². The topological polar surface area (TPSA) is 76.2 Å². The van der Waals surface area contributed by atoms with Gasteiger partial charge < -0.3 is 10.8 Å². The van der Waals surface area contributed by atoms with Crippen LogP contribution in [-0.2, 0) is 11.2 Å². The zero-order chi connectivity index (χ0) is 11.6. The molecule has 7 heteroatoms. The van der Waals surface area contributed by atoms with Crippen LogP contribution in [0.15, 0.2) is 6.20 Å². The molecule has 1 aromatic heterocycles. The maximum atomic E-state index is 13.2. The molecule has 1 rings (SSSR count). The van der Waals surface area contributed by atoms with Crippen LogP contribution in [0.2, 0.25) is 0 Å². The van der Waals surface area contributed by atoms with Crippen molar-refractivity contribution in [2.24, 2.45) is 0 Å². The van der Waals surface area contributed by atoms with E-state index in [-0.39, 0.29) is 5.56 Å². The minimum atomic E-state index is -2.99. The van der Waals surface area contributed by atoms with Gasteiger partial charge in [-0.3, -0.25) is 9.78 Å². The van der Waals surface area contributed by atoms with Gasteiger partial charge in [-0.2, -0.15) is 0 Å². The van der Waals surface area contributed by atoms with Crippen LogP contribution in [0, 0.1) is 5.82 Å². The Balaban J connectivity index is 3.15. The maximum Gasteiger partial charge on any atom is 0.307 e. The van der Waals surface area contributed by atoms with Gasteiger partial charge in [-0.1, -0.05) is 0 Å². The molecule has 1 aromatic rings. The Morgan fingerprint density at radius 1 is 1.60 bits per heavy atom. The number of aromatic nitrogens is 1. The number of pyridine rings is 1. The van der Waals surface area contributed by atoms with Gasteiger partial charge in [0.05, 0.1) is 12.1 Å². The molecule has 1 heterocycles. The largest absolute Gasteiger partial charge is 0.481 e. The Hall–Kier alpha value is -1.79. The van der Waals surface area contributed by atoms with Crippen LogP contribution in [0.4, 0.5) is 18.9 Å². The van der Waals surface area contributed by atoms with Gasteiger partial charge in [-0.05, 0) is 0 Å².